The molecule has 0 radical (unpaired) electrons. The number of nitrogens with zero attached hydrogens (tertiary/aromatic N) is 1. The highest BCUT2D eigenvalue weighted by Crippen LogP contribution is 2.20. The maximum Gasteiger partial charge on any atom is 0.220 e. The molecule has 0 aliphatic carbocycles. The van der Waals surface area contributed by atoms with Crippen LogP contribution in [0.25, 0.3) is 0 Å². The van der Waals surface area contributed by atoms with Crippen molar-refractivity contribution in [3.8, 4) is 0 Å². The molecule has 4 heteroatoms. The highest BCUT2D eigenvalue weighted by molar-refractivity contribution is 5.75. The van der Waals surface area contributed by atoms with Gasteiger partial charge in [-0.2, -0.15) is 0 Å². The predicted octanol–water partition coefficient (Wildman–Crippen LogP) is 3.88. The van der Waals surface area contributed by atoms with E-state index in [1.165, 1.54) is 43.5 Å². The van der Waals surface area contributed by atoms with Crippen molar-refractivity contribution in [2.75, 3.05) is 19.7 Å². The van der Waals surface area contributed by atoms with Gasteiger partial charge in [0.1, 0.15) is 0 Å². The molecule has 0 saturated carbocycles. The summed E-state index contributed by atoms with van der Waals surface area (Å²) in [6, 6.07) is 8.52. The van der Waals surface area contributed by atoms with Gasteiger partial charge in [0.15, 0.2) is 0 Å². The van der Waals surface area contributed by atoms with E-state index < -0.39 is 0 Å². The first-order chi connectivity index (χ1) is 12.7. The van der Waals surface area contributed by atoms with E-state index in [9.17, 15) is 4.79 Å². The SMILES string of the molecule is CC1CCN(Cc2ccccc2CNC(=O)CCC2CCCCO2)CC1. The van der Waals surface area contributed by atoms with Crippen LogP contribution in [0.5, 0.6) is 0 Å². The molecule has 2 saturated heterocycles. The van der Waals surface area contributed by atoms with Gasteiger partial charge in [0.05, 0.1) is 6.10 Å². The Morgan fingerprint density at radius 2 is 1.92 bits per heavy atom. The van der Waals surface area contributed by atoms with Gasteiger partial charge < -0.3 is 10.1 Å². The van der Waals surface area contributed by atoms with E-state index in [2.05, 4.69) is 41.4 Å². The lowest BCUT2D eigenvalue weighted by atomic mass is 9.98. The van der Waals surface area contributed by atoms with E-state index in [0.717, 1.165) is 38.3 Å². The van der Waals surface area contributed by atoms with Crippen LogP contribution < -0.4 is 5.32 Å². The van der Waals surface area contributed by atoms with Gasteiger partial charge in [-0.15, -0.1) is 0 Å². The Labute approximate surface area is 158 Å². The Hall–Kier alpha value is -1.39. The number of nitrogens with one attached hydrogen (secondary N) is 1. The summed E-state index contributed by atoms with van der Waals surface area (Å²) in [5.41, 5.74) is 2.59. The normalized spacial score (nSPS) is 22.3. The molecule has 0 spiro atoms. The molecule has 0 aromatic heterocycles. The van der Waals surface area contributed by atoms with Gasteiger partial charge in [-0.25, -0.2) is 0 Å². The molecule has 1 amide bonds. The molecule has 1 aromatic rings. The second kappa shape index (κ2) is 10.1. The Balaban J connectivity index is 1.44. The van der Waals surface area contributed by atoms with Crippen LogP contribution in [0.1, 0.15) is 63.0 Å². The molecule has 3 rings (SSSR count). The van der Waals surface area contributed by atoms with Crippen molar-refractivity contribution in [3.05, 3.63) is 35.4 Å². The summed E-state index contributed by atoms with van der Waals surface area (Å²) in [4.78, 5) is 14.8. The van der Waals surface area contributed by atoms with E-state index >= 15 is 0 Å². The van der Waals surface area contributed by atoms with E-state index in [1.54, 1.807) is 0 Å². The third-order valence-electron chi connectivity index (χ3n) is 5.83. The van der Waals surface area contributed by atoms with E-state index in [1.807, 2.05) is 0 Å². The second-order valence-electron chi connectivity index (χ2n) is 8.03. The average molecular weight is 359 g/mol. The van der Waals surface area contributed by atoms with Crippen LogP contribution in [-0.4, -0.2) is 36.6 Å². The van der Waals surface area contributed by atoms with Crippen LogP contribution in [0, 0.1) is 5.92 Å². The largest absolute Gasteiger partial charge is 0.378 e. The molecule has 1 N–H and O–H groups in total. The Morgan fingerprint density at radius 3 is 2.65 bits per heavy atom. The lowest BCUT2D eigenvalue weighted by Gasteiger charge is -2.30. The lowest BCUT2D eigenvalue weighted by Crippen LogP contribution is -2.33. The summed E-state index contributed by atoms with van der Waals surface area (Å²) >= 11 is 0. The molecule has 1 unspecified atom stereocenters. The number of hydrogen-bond donors (Lipinski definition) is 1. The summed E-state index contributed by atoms with van der Waals surface area (Å²) in [6.07, 6.45) is 7.78. The van der Waals surface area contributed by atoms with Crippen molar-refractivity contribution in [3.63, 3.8) is 0 Å². The van der Waals surface area contributed by atoms with Crippen molar-refractivity contribution in [2.24, 2.45) is 5.92 Å². The summed E-state index contributed by atoms with van der Waals surface area (Å²) in [5, 5.41) is 3.11. The highest BCUT2D eigenvalue weighted by Gasteiger charge is 2.17. The van der Waals surface area contributed by atoms with Gasteiger partial charge in [-0.3, -0.25) is 9.69 Å². The topological polar surface area (TPSA) is 41.6 Å². The molecule has 4 nitrogen and oxygen atoms in total. The van der Waals surface area contributed by atoms with E-state index in [0.29, 0.717) is 13.0 Å². The fourth-order valence-corrected chi connectivity index (χ4v) is 3.95. The van der Waals surface area contributed by atoms with Crippen molar-refractivity contribution >= 4 is 5.91 Å². The number of rotatable bonds is 7. The fraction of sp³-hybridized carbons (Fsp3) is 0.682. The Kier molecular flexibility index (Phi) is 7.51. The number of hydrogen-bond acceptors (Lipinski definition) is 3. The molecule has 1 aromatic carbocycles. The van der Waals surface area contributed by atoms with E-state index in [4.69, 9.17) is 4.74 Å². The average Bonchev–Trinajstić information content (AvgIpc) is 2.68. The zero-order valence-electron chi connectivity index (χ0n) is 16.2. The molecular formula is C22H34N2O2. The second-order valence-corrected chi connectivity index (χ2v) is 8.03. The zero-order chi connectivity index (χ0) is 18.2. The van der Waals surface area contributed by atoms with Gasteiger partial charge in [0.25, 0.3) is 0 Å². The van der Waals surface area contributed by atoms with Gasteiger partial charge in [-0.1, -0.05) is 31.2 Å². The summed E-state index contributed by atoms with van der Waals surface area (Å²) < 4.78 is 5.72. The van der Waals surface area contributed by atoms with Crippen molar-refractivity contribution in [1.29, 1.82) is 0 Å². The molecule has 0 bridgehead atoms. The summed E-state index contributed by atoms with van der Waals surface area (Å²) in [6.45, 7) is 7.19. The van der Waals surface area contributed by atoms with Crippen LogP contribution in [-0.2, 0) is 22.6 Å². The molecule has 2 aliphatic rings. The van der Waals surface area contributed by atoms with Gasteiger partial charge in [0.2, 0.25) is 5.91 Å². The van der Waals surface area contributed by atoms with Crippen molar-refractivity contribution < 1.29 is 9.53 Å². The smallest absolute Gasteiger partial charge is 0.220 e. The standard InChI is InChI=1S/C22H34N2O2/c1-18-11-13-24(14-12-18)17-20-7-3-2-6-19(20)16-23-22(25)10-9-21-8-4-5-15-26-21/h2-3,6-7,18,21H,4-5,8-17H2,1H3,(H,23,25). The minimum Gasteiger partial charge on any atom is -0.378 e. The highest BCUT2D eigenvalue weighted by atomic mass is 16.5. The monoisotopic (exact) mass is 358 g/mol. The number of piperidine rings is 1. The maximum absolute atomic E-state index is 12.2. The van der Waals surface area contributed by atoms with Crippen LogP contribution in [0.15, 0.2) is 24.3 Å². The minimum absolute atomic E-state index is 0.140. The minimum atomic E-state index is 0.140. The Bertz CT molecular complexity index is 561. The number of carbonyl (C=O) groups excluding carboxylic acids is 1. The number of carbonyl (C=O) groups is 1. The van der Waals surface area contributed by atoms with Gasteiger partial charge in [0, 0.05) is 26.1 Å². The Morgan fingerprint density at radius 1 is 1.15 bits per heavy atom. The third-order valence-corrected chi connectivity index (χ3v) is 5.83. The molecule has 1 atom stereocenters. The molecule has 2 heterocycles. The first kappa shape index (κ1) is 19.4. The first-order valence-electron chi connectivity index (χ1n) is 10.4. The molecule has 2 aliphatic heterocycles. The third kappa shape index (κ3) is 6.10. The molecule has 26 heavy (non-hydrogen) atoms. The number of amides is 1. The van der Waals surface area contributed by atoms with Crippen LogP contribution in [0.2, 0.25) is 0 Å². The van der Waals surface area contributed by atoms with Crippen molar-refractivity contribution in [1.82, 2.24) is 10.2 Å². The fourth-order valence-electron chi connectivity index (χ4n) is 3.95. The van der Waals surface area contributed by atoms with Crippen LogP contribution in [0.3, 0.4) is 0 Å². The maximum atomic E-state index is 12.2. The number of likely N-dealkylation sites (tertiary alicyclic amines) is 1. The predicted molar refractivity (Wildman–Crippen MR) is 105 cm³/mol. The lowest BCUT2D eigenvalue weighted by molar-refractivity contribution is -0.122. The molecule has 144 valence electrons. The van der Waals surface area contributed by atoms with Gasteiger partial charge in [-0.05, 0) is 68.7 Å². The van der Waals surface area contributed by atoms with E-state index in [-0.39, 0.29) is 12.0 Å². The first-order valence-corrected chi connectivity index (χ1v) is 10.4. The van der Waals surface area contributed by atoms with Crippen LogP contribution >= 0.6 is 0 Å². The summed E-state index contributed by atoms with van der Waals surface area (Å²) in [7, 11) is 0. The van der Waals surface area contributed by atoms with Gasteiger partial charge >= 0.3 is 0 Å². The number of benzene rings is 1. The molecule has 2 fully saturated rings. The molecular weight excluding hydrogens is 324 g/mol. The summed E-state index contributed by atoms with van der Waals surface area (Å²) in [5.74, 6) is 0.995. The quantitative estimate of drug-likeness (QED) is 0.804. The van der Waals surface area contributed by atoms with Crippen molar-refractivity contribution in [2.45, 2.75) is 71.1 Å². The van der Waals surface area contributed by atoms with Crippen LogP contribution in [0.4, 0.5) is 0 Å². The zero-order valence-corrected chi connectivity index (χ0v) is 16.2. The number of ether oxygens (including phenoxy) is 1.